The number of hydrogen-bond acceptors (Lipinski definition) is 0. The van der Waals surface area contributed by atoms with Gasteiger partial charge in [-0.1, -0.05) is 129 Å². The molecule has 0 bridgehead atoms. The minimum atomic E-state index is -1.36. The molecule has 6 heteroatoms. The molecule has 0 aliphatic carbocycles. The van der Waals surface area contributed by atoms with Crippen LogP contribution in [-0.4, -0.2) is 48.8 Å². The molecule has 1 aliphatic heterocycles. The quantitative estimate of drug-likeness (QED) is 0.349. The first-order valence-electron chi connectivity index (χ1n) is 12.4. The van der Waals surface area contributed by atoms with Crippen molar-refractivity contribution in [3.05, 3.63) is 28.8 Å². The Bertz CT molecular complexity index is 776. The molecule has 176 valence electrons. The Kier molecular flexibility index (Phi) is 7.46. The summed E-state index contributed by atoms with van der Waals surface area (Å²) in [5.74, 6) is 0. The van der Waals surface area contributed by atoms with E-state index in [0.29, 0.717) is 0 Å². The molecule has 2 rings (SSSR count). The van der Waals surface area contributed by atoms with Crippen molar-refractivity contribution in [3.63, 3.8) is 0 Å². The Labute approximate surface area is 202 Å². The van der Waals surface area contributed by atoms with Crippen molar-refractivity contribution in [2.45, 2.75) is 121 Å². The Balaban J connectivity index is 3.13. The van der Waals surface area contributed by atoms with Crippen molar-refractivity contribution in [3.8, 4) is 0 Å². The van der Waals surface area contributed by atoms with E-state index in [1.165, 1.54) is 5.56 Å². The van der Waals surface area contributed by atoms with Crippen LogP contribution in [0.1, 0.15) is 29.5 Å². The summed E-state index contributed by atoms with van der Waals surface area (Å²) < 4.78 is 1.46. The molecule has 0 atom stereocenters. The molecule has 1 aromatic carbocycles. The summed E-state index contributed by atoms with van der Waals surface area (Å²) in [7, 11) is -4.92. The van der Waals surface area contributed by atoms with Crippen molar-refractivity contribution < 1.29 is 0 Å². The summed E-state index contributed by atoms with van der Waals surface area (Å²) in [5, 5.41) is 1.77. The Hall–Kier alpha value is 0.521. The third-order valence-electron chi connectivity index (χ3n) is 8.78. The molecule has 0 saturated carbocycles. The average molecular weight is 520 g/mol. The summed E-state index contributed by atoms with van der Waals surface area (Å²) in [5.41, 5.74) is 4.61. The topological polar surface area (TPSA) is 0 Å². The van der Waals surface area contributed by atoms with Gasteiger partial charge in [0.15, 0.2) is 0 Å². The zero-order chi connectivity index (χ0) is 24.4. The highest BCUT2D eigenvalue weighted by atomic mass is 28.9. The summed E-state index contributed by atoms with van der Waals surface area (Å²) in [6.45, 7) is 40.3. The van der Waals surface area contributed by atoms with Crippen molar-refractivity contribution >= 4 is 54.0 Å². The molecular formula is C25H51Si6-. The lowest BCUT2D eigenvalue weighted by Crippen LogP contribution is -2.66. The van der Waals surface area contributed by atoms with Gasteiger partial charge in [0.2, 0.25) is 0 Å². The van der Waals surface area contributed by atoms with E-state index in [4.69, 9.17) is 0 Å². The lowest BCUT2D eigenvalue weighted by Gasteiger charge is -2.62. The fourth-order valence-electron chi connectivity index (χ4n) is 7.95. The summed E-state index contributed by atoms with van der Waals surface area (Å²) in [6, 6.07) is 4.95. The van der Waals surface area contributed by atoms with Crippen LogP contribution in [0.2, 0.25) is 87.1 Å². The SMILES string of the molecule is Cc1cc(C)c([Si-]=[Si]2C([Si](C)(C)C)([Si](C)(C)C)CCC2([Si](C)(C)C)[Si](C)(C)C)c(C)c1. The van der Waals surface area contributed by atoms with E-state index in [2.05, 4.69) is 111 Å². The van der Waals surface area contributed by atoms with Gasteiger partial charge < -0.3 is 8.61 Å². The molecule has 1 heterocycles. The van der Waals surface area contributed by atoms with Crippen LogP contribution in [0.5, 0.6) is 0 Å². The molecule has 0 radical (unpaired) electrons. The van der Waals surface area contributed by atoms with E-state index >= 15 is 0 Å². The summed E-state index contributed by atoms with van der Waals surface area (Å²) in [6.07, 6.45) is 3.14. The van der Waals surface area contributed by atoms with Gasteiger partial charge in [0.1, 0.15) is 0 Å². The van der Waals surface area contributed by atoms with Crippen LogP contribution in [0, 0.1) is 20.8 Å². The maximum atomic E-state index is 2.76. The van der Waals surface area contributed by atoms with Gasteiger partial charge in [0, 0.05) is 32.3 Å². The van der Waals surface area contributed by atoms with Gasteiger partial charge in [-0.15, -0.1) is 0 Å². The van der Waals surface area contributed by atoms with E-state index in [1.807, 2.05) is 0 Å². The molecule has 1 fully saturated rings. The highest BCUT2D eigenvalue weighted by molar-refractivity contribution is 7.26. The van der Waals surface area contributed by atoms with Gasteiger partial charge >= 0.3 is 0 Å². The van der Waals surface area contributed by atoms with Gasteiger partial charge in [-0.3, -0.25) is 0 Å². The van der Waals surface area contributed by atoms with Crippen molar-refractivity contribution in [2.75, 3.05) is 0 Å². The zero-order valence-corrected chi connectivity index (χ0v) is 29.6. The first kappa shape index (κ1) is 27.8. The van der Waals surface area contributed by atoms with Crippen LogP contribution in [0.3, 0.4) is 0 Å². The normalized spacial score (nSPS) is 19.6. The molecule has 0 amide bonds. The summed E-state index contributed by atoms with van der Waals surface area (Å²) in [4.78, 5) is 0. The second-order valence-electron chi connectivity index (χ2n) is 14.6. The van der Waals surface area contributed by atoms with E-state index in [9.17, 15) is 0 Å². The van der Waals surface area contributed by atoms with Crippen LogP contribution in [0.15, 0.2) is 12.1 Å². The van der Waals surface area contributed by atoms with Crippen LogP contribution < -0.4 is 5.19 Å². The average Bonchev–Trinajstić information content (AvgIpc) is 2.86. The molecule has 0 N–H and O–H groups in total. The maximum absolute atomic E-state index is 2.76. The van der Waals surface area contributed by atoms with Crippen molar-refractivity contribution in [1.82, 2.24) is 0 Å². The zero-order valence-electron chi connectivity index (χ0n) is 23.6. The minimum absolute atomic E-state index is 0.571. The maximum Gasteiger partial charge on any atom is 0.0454 e. The molecule has 1 saturated heterocycles. The predicted octanol–water partition coefficient (Wildman–Crippen LogP) is 7.72. The van der Waals surface area contributed by atoms with Gasteiger partial charge in [-0.2, -0.15) is 0 Å². The van der Waals surface area contributed by atoms with E-state index < -0.39 is 40.2 Å². The first-order chi connectivity index (χ1) is 13.6. The molecule has 1 aliphatic rings. The van der Waals surface area contributed by atoms with Gasteiger partial charge in [0.25, 0.3) is 0 Å². The van der Waals surface area contributed by atoms with Crippen LogP contribution >= 0.6 is 0 Å². The van der Waals surface area contributed by atoms with Crippen LogP contribution in [-0.2, 0) is 0 Å². The van der Waals surface area contributed by atoms with E-state index in [0.717, 1.165) is 17.2 Å². The van der Waals surface area contributed by atoms with Gasteiger partial charge in [0.05, 0.1) is 0 Å². The lowest BCUT2D eigenvalue weighted by atomic mass is 10.1. The minimum Gasteiger partial charge on any atom is -0.420 e. The molecule has 0 unspecified atom stereocenters. The van der Waals surface area contributed by atoms with E-state index in [-0.39, 0.29) is 0 Å². The van der Waals surface area contributed by atoms with Crippen molar-refractivity contribution in [2.24, 2.45) is 0 Å². The van der Waals surface area contributed by atoms with Crippen LogP contribution in [0.4, 0.5) is 0 Å². The highest BCUT2D eigenvalue weighted by Crippen LogP contribution is 2.68. The number of rotatable bonds is 5. The fraction of sp³-hybridized carbons (Fsp3) is 0.760. The molecule has 0 spiro atoms. The molecule has 31 heavy (non-hydrogen) atoms. The Morgan fingerprint density at radius 2 is 0.903 bits per heavy atom. The first-order valence-corrected chi connectivity index (χ1v) is 29.9. The van der Waals surface area contributed by atoms with Crippen molar-refractivity contribution in [1.29, 1.82) is 0 Å². The van der Waals surface area contributed by atoms with E-state index in [1.54, 1.807) is 29.2 Å². The predicted molar refractivity (Wildman–Crippen MR) is 160 cm³/mol. The highest BCUT2D eigenvalue weighted by Gasteiger charge is 2.65. The Morgan fingerprint density at radius 1 is 0.613 bits per heavy atom. The van der Waals surface area contributed by atoms with Gasteiger partial charge in [-0.05, 0) is 20.8 Å². The molecular weight excluding hydrogens is 469 g/mol. The third-order valence-corrected chi connectivity index (χ3v) is 51.6. The second-order valence-corrected chi connectivity index (χ2v) is 44.5. The van der Waals surface area contributed by atoms with Gasteiger partial charge in [-0.25, -0.2) is 13.1 Å². The largest absolute Gasteiger partial charge is 0.420 e. The van der Waals surface area contributed by atoms with Crippen LogP contribution in [0.25, 0.3) is 0 Å². The molecule has 0 nitrogen and oxygen atoms in total. The smallest absolute Gasteiger partial charge is 0.0454 e. The summed E-state index contributed by atoms with van der Waals surface area (Å²) >= 11 is 0. The standard InChI is InChI=1S/C25H51Si6/c1-20-18-21(2)23(22(3)19-20)26-27-24(28(4,5)6,29(7,8)9)16-17-25(27,30(10,11)12)31(13,14)15/h18-19H,16-17H2,1-15H3/q-1. The number of aryl methyl sites for hydroxylation is 3. The Morgan fingerprint density at radius 3 is 1.16 bits per heavy atom. The molecule has 1 aromatic rings. The number of hydrogen-bond donors (Lipinski definition) is 0. The monoisotopic (exact) mass is 519 g/mol. The lowest BCUT2D eigenvalue weighted by molar-refractivity contribution is 0.763. The fourth-order valence-corrected chi connectivity index (χ4v) is 67.9. The second kappa shape index (κ2) is 8.33. The molecule has 0 aromatic heterocycles. The number of benzene rings is 1. The third kappa shape index (κ3) is 4.35.